The van der Waals surface area contributed by atoms with E-state index in [-0.39, 0.29) is 23.7 Å². The summed E-state index contributed by atoms with van der Waals surface area (Å²) in [5, 5.41) is 6.52. The van der Waals surface area contributed by atoms with Crippen LogP contribution in [0, 0.1) is 6.92 Å². The van der Waals surface area contributed by atoms with Gasteiger partial charge in [0.25, 0.3) is 0 Å². The first-order valence-electron chi connectivity index (χ1n) is 15.7. The second-order valence-electron chi connectivity index (χ2n) is 11.2. The molecule has 5 aromatic rings. The van der Waals surface area contributed by atoms with Crippen LogP contribution in [0.3, 0.4) is 0 Å². The van der Waals surface area contributed by atoms with Crippen molar-refractivity contribution in [2.24, 2.45) is 5.16 Å². The second kappa shape index (κ2) is 15.4. The Morgan fingerprint density at radius 1 is 0.826 bits per heavy atom. The van der Waals surface area contributed by atoms with Crippen molar-refractivity contribution in [2.75, 3.05) is 5.75 Å². The molecule has 0 fully saturated rings. The van der Waals surface area contributed by atoms with Crippen molar-refractivity contribution in [3.05, 3.63) is 112 Å². The Bertz CT molecular complexity index is 1930. The van der Waals surface area contributed by atoms with E-state index in [4.69, 9.17) is 16.4 Å². The predicted octanol–water partition coefficient (Wildman–Crippen LogP) is 9.85. The number of carbonyl (C=O) groups excluding carboxylic acids is 3. The van der Waals surface area contributed by atoms with Gasteiger partial charge in [0.1, 0.15) is 5.71 Å². The van der Waals surface area contributed by atoms with Crippen molar-refractivity contribution in [1.82, 2.24) is 4.57 Å². The number of aromatic nitrogens is 1. The molecule has 6 nitrogen and oxygen atoms in total. The molecule has 1 heterocycles. The summed E-state index contributed by atoms with van der Waals surface area (Å²) in [6.07, 6.45) is 3.18. The van der Waals surface area contributed by atoms with Gasteiger partial charge in [-0.05, 0) is 86.5 Å². The van der Waals surface area contributed by atoms with E-state index < -0.39 is 5.97 Å². The van der Waals surface area contributed by atoms with Crippen LogP contribution in [0.25, 0.3) is 21.8 Å². The molecule has 8 heteroatoms. The molecular formula is C38H37ClN2O4S. The van der Waals surface area contributed by atoms with Crippen molar-refractivity contribution in [3.63, 3.8) is 0 Å². The zero-order valence-electron chi connectivity index (χ0n) is 26.3. The van der Waals surface area contributed by atoms with Gasteiger partial charge < -0.3 is 9.40 Å². The maximum atomic E-state index is 13.9. The fraction of sp³-hybridized carbons (Fsp3) is 0.263. The number of carbonyl (C=O) groups is 3. The summed E-state index contributed by atoms with van der Waals surface area (Å²) in [5.41, 5.74) is 4.74. The summed E-state index contributed by atoms with van der Waals surface area (Å²) in [5.74, 6) is -0.236. The summed E-state index contributed by atoms with van der Waals surface area (Å²) in [4.78, 5) is 46.1. The zero-order chi connectivity index (χ0) is 32.6. The number of hydrogen-bond acceptors (Lipinski definition) is 6. The average molecular weight is 653 g/mol. The molecule has 236 valence electrons. The van der Waals surface area contributed by atoms with Gasteiger partial charge >= 0.3 is 5.97 Å². The van der Waals surface area contributed by atoms with Crippen LogP contribution >= 0.6 is 23.4 Å². The van der Waals surface area contributed by atoms with Crippen LogP contribution in [-0.2, 0) is 16.2 Å². The molecule has 0 radical (unpaired) electrons. The standard InChI is InChI=1S/C38H37ClN2O4S/c1-4-6-7-12-36(42)45-40-33(21-22-46-29-17-15-28(39)16-18-29)38(44)27-14-20-35-32(24-27)31-23-26(13-19-34(31)41(35)5-2)37(43)30-11-9-8-10-25(30)3/h8-11,13-20,23-24H,4-7,12,21-22H2,1-3H3/b40-33+. The minimum absolute atomic E-state index is 0.0435. The number of ketones is 2. The summed E-state index contributed by atoms with van der Waals surface area (Å²) < 4.78 is 2.18. The molecule has 46 heavy (non-hydrogen) atoms. The summed E-state index contributed by atoms with van der Waals surface area (Å²) in [6.45, 7) is 6.79. The van der Waals surface area contributed by atoms with Gasteiger partial charge in [0.15, 0.2) is 5.78 Å². The van der Waals surface area contributed by atoms with Gasteiger partial charge in [0.2, 0.25) is 5.78 Å². The van der Waals surface area contributed by atoms with E-state index >= 15 is 0 Å². The molecule has 0 spiro atoms. The Morgan fingerprint density at radius 2 is 1.50 bits per heavy atom. The van der Waals surface area contributed by atoms with Crippen molar-refractivity contribution in [1.29, 1.82) is 0 Å². The summed E-state index contributed by atoms with van der Waals surface area (Å²) >= 11 is 7.60. The molecule has 1 aromatic heterocycles. The quantitative estimate of drug-likeness (QED) is 0.0298. The van der Waals surface area contributed by atoms with Gasteiger partial charge in [-0.3, -0.25) is 9.59 Å². The number of rotatable bonds is 14. The maximum absolute atomic E-state index is 13.9. The largest absolute Gasteiger partial charge is 0.341 e. The van der Waals surface area contributed by atoms with Crippen LogP contribution in [0.1, 0.15) is 77.8 Å². The minimum Gasteiger partial charge on any atom is -0.341 e. The molecule has 0 N–H and O–H groups in total. The number of thioether (sulfide) groups is 1. The molecule has 0 unspecified atom stereocenters. The molecule has 0 aliphatic rings. The van der Waals surface area contributed by atoms with E-state index in [1.807, 2.05) is 85.8 Å². The average Bonchev–Trinajstić information content (AvgIpc) is 3.39. The Hall–Kier alpha value is -4.20. The number of benzene rings is 4. The normalized spacial score (nSPS) is 11.7. The first kappa shape index (κ1) is 33.2. The van der Waals surface area contributed by atoms with Gasteiger partial charge in [-0.25, -0.2) is 4.79 Å². The molecule has 0 aliphatic heterocycles. The Morgan fingerprint density at radius 3 is 2.17 bits per heavy atom. The van der Waals surface area contributed by atoms with Crippen molar-refractivity contribution in [2.45, 2.75) is 64.3 Å². The van der Waals surface area contributed by atoms with Gasteiger partial charge in [-0.15, -0.1) is 11.8 Å². The van der Waals surface area contributed by atoms with Gasteiger partial charge in [0.05, 0.1) is 0 Å². The number of fused-ring (bicyclic) bond motifs is 3. The lowest BCUT2D eigenvalue weighted by Gasteiger charge is -2.08. The number of hydrogen-bond donors (Lipinski definition) is 0. The smallest absolute Gasteiger partial charge is 0.335 e. The van der Waals surface area contributed by atoms with Gasteiger partial charge in [0, 0.05) is 73.6 Å². The number of unbranched alkanes of at least 4 members (excludes halogenated alkanes) is 2. The molecular weight excluding hydrogens is 616 g/mol. The van der Waals surface area contributed by atoms with Crippen LogP contribution in [0.2, 0.25) is 5.02 Å². The SMILES string of the molecule is CCCCCC(=O)O/N=C(\CCSc1ccc(Cl)cc1)C(=O)c1ccc2c(c1)c1cc(C(=O)c3ccccc3C)ccc1n2CC. The first-order valence-corrected chi connectivity index (χ1v) is 17.0. The number of oxime groups is 1. The third kappa shape index (κ3) is 7.60. The number of nitrogens with zero attached hydrogens (tertiary/aromatic N) is 2. The molecule has 0 amide bonds. The third-order valence-electron chi connectivity index (χ3n) is 8.02. The minimum atomic E-state index is -0.448. The Balaban J connectivity index is 1.48. The van der Waals surface area contributed by atoms with E-state index in [2.05, 4.69) is 23.6 Å². The molecule has 0 atom stereocenters. The monoisotopic (exact) mass is 652 g/mol. The molecule has 0 saturated heterocycles. The summed E-state index contributed by atoms with van der Waals surface area (Å²) in [7, 11) is 0. The highest BCUT2D eigenvalue weighted by Gasteiger charge is 2.20. The molecule has 0 aliphatic carbocycles. The lowest BCUT2D eigenvalue weighted by molar-refractivity contribution is -0.143. The lowest BCUT2D eigenvalue weighted by atomic mass is 9.97. The highest BCUT2D eigenvalue weighted by atomic mass is 35.5. The van der Waals surface area contributed by atoms with Crippen LogP contribution in [0.15, 0.2) is 95.0 Å². The van der Waals surface area contributed by atoms with Crippen LogP contribution < -0.4 is 0 Å². The zero-order valence-corrected chi connectivity index (χ0v) is 27.9. The molecule has 5 rings (SSSR count). The van der Waals surface area contributed by atoms with Crippen LogP contribution in [0.4, 0.5) is 0 Å². The molecule has 0 saturated carbocycles. The first-order chi connectivity index (χ1) is 22.3. The van der Waals surface area contributed by atoms with Gasteiger partial charge in [-0.1, -0.05) is 60.8 Å². The fourth-order valence-corrected chi connectivity index (χ4v) is 6.53. The second-order valence-corrected chi connectivity index (χ2v) is 12.8. The highest BCUT2D eigenvalue weighted by molar-refractivity contribution is 7.99. The fourth-order valence-electron chi connectivity index (χ4n) is 5.54. The van der Waals surface area contributed by atoms with Crippen LogP contribution in [0.5, 0.6) is 0 Å². The van der Waals surface area contributed by atoms with Crippen molar-refractivity contribution in [3.8, 4) is 0 Å². The van der Waals surface area contributed by atoms with E-state index in [1.54, 1.807) is 17.8 Å². The molecule has 0 bridgehead atoms. The van der Waals surface area contributed by atoms with Crippen LogP contribution in [-0.4, -0.2) is 33.6 Å². The number of Topliss-reactive ketones (excluding diaryl/α,β-unsaturated/α-hetero) is 1. The van der Waals surface area contributed by atoms with E-state index in [9.17, 15) is 14.4 Å². The summed E-state index contributed by atoms with van der Waals surface area (Å²) in [6, 6.07) is 26.4. The highest BCUT2D eigenvalue weighted by Crippen LogP contribution is 2.32. The number of aryl methyl sites for hydroxylation is 2. The third-order valence-corrected chi connectivity index (χ3v) is 9.29. The van der Waals surface area contributed by atoms with Gasteiger partial charge in [-0.2, -0.15) is 0 Å². The van der Waals surface area contributed by atoms with E-state index in [0.717, 1.165) is 51.7 Å². The predicted molar refractivity (Wildman–Crippen MR) is 189 cm³/mol. The maximum Gasteiger partial charge on any atom is 0.335 e. The lowest BCUT2D eigenvalue weighted by Crippen LogP contribution is -2.17. The van der Waals surface area contributed by atoms with Crippen molar-refractivity contribution < 1.29 is 19.2 Å². The topological polar surface area (TPSA) is 77.7 Å². The molecule has 4 aromatic carbocycles. The Labute approximate surface area is 278 Å². The Kier molecular flexibility index (Phi) is 11.1. The number of halogens is 1. The van der Waals surface area contributed by atoms with Crippen molar-refractivity contribution >= 4 is 68.4 Å². The van der Waals surface area contributed by atoms with E-state index in [0.29, 0.717) is 40.3 Å². The van der Waals surface area contributed by atoms with E-state index in [1.165, 1.54) is 0 Å².